The van der Waals surface area contributed by atoms with Crippen molar-refractivity contribution in [3.63, 3.8) is 0 Å². The first-order valence-electron chi connectivity index (χ1n) is 11.3. The molecule has 35 heavy (non-hydrogen) atoms. The Labute approximate surface area is 209 Å². The van der Waals surface area contributed by atoms with E-state index in [0.717, 1.165) is 22.4 Å². The molecule has 0 saturated carbocycles. The first-order valence-corrected chi connectivity index (χ1v) is 12.2. The lowest BCUT2D eigenvalue weighted by atomic mass is 10.0. The summed E-state index contributed by atoms with van der Waals surface area (Å²) < 4.78 is 5.13. The lowest BCUT2D eigenvalue weighted by Gasteiger charge is -2.21. The van der Waals surface area contributed by atoms with E-state index in [0.29, 0.717) is 16.4 Å². The van der Waals surface area contributed by atoms with Crippen LogP contribution < -0.4 is 15.4 Å². The first-order chi connectivity index (χ1) is 16.9. The molecule has 0 spiro atoms. The molecule has 0 aliphatic heterocycles. The zero-order chi connectivity index (χ0) is 24.8. The molecule has 0 aliphatic rings. The molecule has 0 saturated heterocycles. The monoisotopic (exact) mass is 485 g/mol. The minimum atomic E-state index is -0.706. The summed E-state index contributed by atoms with van der Waals surface area (Å²) in [5.41, 5.74) is 4.50. The summed E-state index contributed by atoms with van der Waals surface area (Å²) in [6.45, 7) is 3.78. The van der Waals surface area contributed by atoms with Crippen LogP contribution in [0.3, 0.4) is 0 Å². The van der Waals surface area contributed by atoms with E-state index in [1.54, 1.807) is 31.4 Å². The molecular weight excluding hydrogens is 458 g/mol. The molecule has 0 fully saturated rings. The van der Waals surface area contributed by atoms with E-state index in [1.807, 2.05) is 49.6 Å². The van der Waals surface area contributed by atoms with Crippen molar-refractivity contribution in [2.75, 3.05) is 12.4 Å². The van der Waals surface area contributed by atoms with Gasteiger partial charge in [0.1, 0.15) is 11.8 Å². The summed E-state index contributed by atoms with van der Waals surface area (Å²) in [5.74, 6) is -0.0711. The highest BCUT2D eigenvalue weighted by molar-refractivity contribution is 7.14. The first kappa shape index (κ1) is 24.2. The summed E-state index contributed by atoms with van der Waals surface area (Å²) in [7, 11) is 1.57. The van der Waals surface area contributed by atoms with Crippen LogP contribution in [0.1, 0.15) is 24.2 Å². The number of anilines is 1. The van der Waals surface area contributed by atoms with Crippen molar-refractivity contribution in [3.8, 4) is 28.1 Å². The average Bonchev–Trinajstić information content (AvgIpc) is 3.36. The van der Waals surface area contributed by atoms with E-state index in [4.69, 9.17) is 4.74 Å². The maximum absolute atomic E-state index is 13.0. The minimum Gasteiger partial charge on any atom is -0.497 e. The van der Waals surface area contributed by atoms with Crippen molar-refractivity contribution < 1.29 is 14.3 Å². The van der Waals surface area contributed by atoms with Crippen molar-refractivity contribution in [2.45, 2.75) is 19.9 Å². The van der Waals surface area contributed by atoms with Gasteiger partial charge in [0.15, 0.2) is 5.13 Å². The Balaban J connectivity index is 1.42. The van der Waals surface area contributed by atoms with E-state index >= 15 is 0 Å². The number of nitrogens with one attached hydrogen (secondary N) is 2. The summed E-state index contributed by atoms with van der Waals surface area (Å²) >= 11 is 1.35. The second-order valence-electron chi connectivity index (χ2n) is 8.39. The van der Waals surface area contributed by atoms with Gasteiger partial charge in [-0.05, 0) is 41.3 Å². The molecule has 0 aliphatic carbocycles. The normalized spacial score (nSPS) is 11.7. The molecule has 178 valence electrons. The van der Waals surface area contributed by atoms with Crippen LogP contribution in [0.25, 0.3) is 22.4 Å². The highest BCUT2D eigenvalue weighted by Crippen LogP contribution is 2.28. The molecule has 0 radical (unpaired) electrons. The average molecular weight is 486 g/mol. The molecule has 1 aromatic heterocycles. The van der Waals surface area contributed by atoms with Gasteiger partial charge in [0.2, 0.25) is 5.91 Å². The number of carbonyl (C=O) groups excluding carboxylic acids is 2. The SMILES string of the molecule is COc1ccc(C(=O)N[C@@H](C(=O)Nc2nc(-c3ccc(-c4ccccc4)cc3)cs2)C(C)C)cc1. The fraction of sp³-hybridized carbons (Fsp3) is 0.179. The molecule has 7 heteroatoms. The quantitative estimate of drug-likeness (QED) is 0.327. The van der Waals surface area contributed by atoms with Crippen LogP contribution in [0.15, 0.2) is 84.2 Å². The molecule has 3 aromatic carbocycles. The molecule has 0 bridgehead atoms. The number of nitrogens with zero attached hydrogens (tertiary/aromatic N) is 1. The second-order valence-corrected chi connectivity index (χ2v) is 9.25. The Kier molecular flexibility index (Phi) is 7.57. The third-order valence-corrected chi connectivity index (χ3v) is 6.37. The van der Waals surface area contributed by atoms with E-state index in [-0.39, 0.29) is 17.7 Å². The van der Waals surface area contributed by atoms with E-state index < -0.39 is 6.04 Å². The third kappa shape index (κ3) is 5.94. The number of rotatable bonds is 8. The number of amides is 2. The van der Waals surface area contributed by atoms with Crippen molar-refractivity contribution in [1.82, 2.24) is 10.3 Å². The molecule has 2 N–H and O–H groups in total. The summed E-state index contributed by atoms with van der Waals surface area (Å²) in [6.07, 6.45) is 0. The lowest BCUT2D eigenvalue weighted by Crippen LogP contribution is -2.47. The summed E-state index contributed by atoms with van der Waals surface area (Å²) in [5, 5.41) is 8.09. The van der Waals surface area contributed by atoms with Gasteiger partial charge in [-0.15, -0.1) is 11.3 Å². The van der Waals surface area contributed by atoms with Crippen molar-refractivity contribution in [2.24, 2.45) is 5.92 Å². The van der Waals surface area contributed by atoms with Crippen LogP contribution in [-0.4, -0.2) is 29.9 Å². The topological polar surface area (TPSA) is 80.3 Å². The van der Waals surface area contributed by atoms with Gasteiger partial charge in [0.25, 0.3) is 5.91 Å². The Morgan fingerprint density at radius 1 is 0.857 bits per heavy atom. The fourth-order valence-electron chi connectivity index (χ4n) is 3.61. The zero-order valence-electron chi connectivity index (χ0n) is 19.8. The highest BCUT2D eigenvalue weighted by atomic mass is 32.1. The Morgan fingerprint density at radius 2 is 1.49 bits per heavy atom. The molecule has 4 aromatic rings. The maximum Gasteiger partial charge on any atom is 0.251 e. The van der Waals surface area contributed by atoms with Crippen LogP contribution in [0.4, 0.5) is 5.13 Å². The van der Waals surface area contributed by atoms with Gasteiger partial charge in [-0.2, -0.15) is 0 Å². The summed E-state index contributed by atoms with van der Waals surface area (Å²) in [6, 6.07) is 24.4. The molecule has 0 unspecified atom stereocenters. The van der Waals surface area contributed by atoms with Crippen LogP contribution in [0.5, 0.6) is 5.75 Å². The zero-order valence-corrected chi connectivity index (χ0v) is 20.6. The van der Waals surface area contributed by atoms with E-state index in [1.165, 1.54) is 11.3 Å². The van der Waals surface area contributed by atoms with Crippen molar-refractivity contribution >= 4 is 28.3 Å². The minimum absolute atomic E-state index is 0.109. The predicted molar refractivity (Wildman–Crippen MR) is 141 cm³/mol. The molecule has 6 nitrogen and oxygen atoms in total. The van der Waals surface area contributed by atoms with Gasteiger partial charge in [-0.25, -0.2) is 4.98 Å². The van der Waals surface area contributed by atoms with Crippen LogP contribution in [0.2, 0.25) is 0 Å². The number of methoxy groups -OCH3 is 1. The van der Waals surface area contributed by atoms with Gasteiger partial charge >= 0.3 is 0 Å². The van der Waals surface area contributed by atoms with E-state index in [2.05, 4.69) is 39.9 Å². The van der Waals surface area contributed by atoms with Crippen molar-refractivity contribution in [1.29, 1.82) is 0 Å². The van der Waals surface area contributed by atoms with Gasteiger partial charge in [-0.3, -0.25) is 9.59 Å². The van der Waals surface area contributed by atoms with Gasteiger partial charge in [0.05, 0.1) is 12.8 Å². The molecule has 4 rings (SSSR count). The van der Waals surface area contributed by atoms with Crippen LogP contribution in [0, 0.1) is 5.92 Å². The molecule has 1 atom stereocenters. The van der Waals surface area contributed by atoms with Gasteiger partial charge in [0, 0.05) is 16.5 Å². The highest BCUT2D eigenvalue weighted by Gasteiger charge is 2.25. The smallest absolute Gasteiger partial charge is 0.251 e. The number of carbonyl (C=O) groups is 2. The lowest BCUT2D eigenvalue weighted by molar-refractivity contribution is -0.118. The number of hydrogen-bond acceptors (Lipinski definition) is 5. The van der Waals surface area contributed by atoms with Crippen molar-refractivity contribution in [3.05, 3.63) is 89.8 Å². The molecule has 2 amide bonds. The largest absolute Gasteiger partial charge is 0.497 e. The number of aromatic nitrogens is 1. The van der Waals surface area contributed by atoms with Gasteiger partial charge < -0.3 is 15.4 Å². The van der Waals surface area contributed by atoms with Crippen LogP contribution in [-0.2, 0) is 4.79 Å². The number of hydrogen-bond donors (Lipinski definition) is 2. The van der Waals surface area contributed by atoms with Gasteiger partial charge in [-0.1, -0.05) is 68.4 Å². The molecular formula is C28H27N3O3S. The van der Waals surface area contributed by atoms with E-state index in [9.17, 15) is 9.59 Å². The molecule has 1 heterocycles. The predicted octanol–water partition coefficient (Wildman–Crippen LogP) is 5.88. The Morgan fingerprint density at radius 3 is 2.11 bits per heavy atom. The standard InChI is InChI=1S/C28H27N3O3S/c1-18(2)25(30-26(32)22-13-15-23(34-3)16-14-22)27(33)31-28-29-24(17-35-28)21-11-9-20(10-12-21)19-7-5-4-6-8-19/h4-18,25H,1-3H3,(H,30,32)(H,29,31,33)/t25-/m1/s1. The Hall–Kier alpha value is -3.97. The summed E-state index contributed by atoms with van der Waals surface area (Å²) in [4.78, 5) is 30.3. The number of thiazole rings is 1. The number of benzene rings is 3. The maximum atomic E-state index is 13.0. The Bertz CT molecular complexity index is 1280. The third-order valence-electron chi connectivity index (χ3n) is 5.61. The number of ether oxygens (including phenoxy) is 1. The fourth-order valence-corrected chi connectivity index (χ4v) is 4.34. The van der Waals surface area contributed by atoms with Crippen LogP contribution >= 0.6 is 11.3 Å². The second kappa shape index (κ2) is 11.0.